The first-order chi connectivity index (χ1) is 8.16. The zero-order valence-electron chi connectivity index (χ0n) is 10.1. The van der Waals surface area contributed by atoms with E-state index in [-0.39, 0.29) is 5.01 Å². The van der Waals surface area contributed by atoms with E-state index in [4.69, 9.17) is 5.11 Å². The number of aromatic nitrogens is 1. The Kier molecular flexibility index (Phi) is 4.12. The summed E-state index contributed by atoms with van der Waals surface area (Å²) in [6, 6.07) is 0.576. The minimum atomic E-state index is -0.926. The highest BCUT2D eigenvalue weighted by Gasteiger charge is 2.18. The molecule has 0 radical (unpaired) electrons. The molecule has 1 N–H and O–H groups in total. The SMILES string of the molecule is CC1CCCCCN1Cc1csc(C(=O)O)n1. The number of aromatic carboxylic acids is 1. The molecule has 1 fully saturated rings. The maximum atomic E-state index is 10.8. The van der Waals surface area contributed by atoms with Crippen LogP contribution in [0.4, 0.5) is 0 Å². The Balaban J connectivity index is 2.00. The number of hydrogen-bond acceptors (Lipinski definition) is 4. The summed E-state index contributed by atoms with van der Waals surface area (Å²) < 4.78 is 0. The normalized spacial score (nSPS) is 22.3. The van der Waals surface area contributed by atoms with Gasteiger partial charge in [-0.05, 0) is 26.3 Å². The largest absolute Gasteiger partial charge is 0.476 e. The summed E-state index contributed by atoms with van der Waals surface area (Å²) in [6.07, 6.45) is 5.07. The number of carboxylic acids is 1. The first-order valence-electron chi connectivity index (χ1n) is 6.08. The number of thiazole rings is 1. The second-order valence-electron chi connectivity index (χ2n) is 4.62. The maximum absolute atomic E-state index is 10.8. The van der Waals surface area contributed by atoms with Gasteiger partial charge in [0.05, 0.1) is 5.69 Å². The molecule has 1 unspecified atom stereocenters. The van der Waals surface area contributed by atoms with Crippen LogP contribution in [0.25, 0.3) is 0 Å². The predicted octanol–water partition coefficient (Wildman–Crippen LogP) is 2.61. The van der Waals surface area contributed by atoms with Crippen LogP contribution in [0.1, 0.15) is 48.1 Å². The fraction of sp³-hybridized carbons (Fsp3) is 0.667. The summed E-state index contributed by atoms with van der Waals surface area (Å²) >= 11 is 1.22. The molecule has 5 heteroatoms. The van der Waals surface area contributed by atoms with Crippen molar-refractivity contribution in [3.8, 4) is 0 Å². The lowest BCUT2D eigenvalue weighted by Gasteiger charge is -2.25. The van der Waals surface area contributed by atoms with Crippen molar-refractivity contribution in [3.63, 3.8) is 0 Å². The van der Waals surface area contributed by atoms with Gasteiger partial charge >= 0.3 is 5.97 Å². The standard InChI is InChI=1S/C12H18N2O2S/c1-9-5-3-2-4-6-14(9)7-10-8-17-11(13-10)12(15)16/h8-9H,2-7H2,1H3,(H,15,16). The van der Waals surface area contributed by atoms with Crippen LogP contribution in [0, 0.1) is 0 Å². The van der Waals surface area contributed by atoms with E-state index in [2.05, 4.69) is 16.8 Å². The molecule has 0 amide bonds. The van der Waals surface area contributed by atoms with Crippen molar-refractivity contribution in [2.75, 3.05) is 6.54 Å². The average Bonchev–Trinajstić information content (AvgIpc) is 2.66. The molecular weight excluding hydrogens is 236 g/mol. The van der Waals surface area contributed by atoms with Gasteiger partial charge in [-0.2, -0.15) is 0 Å². The highest BCUT2D eigenvalue weighted by Crippen LogP contribution is 2.19. The minimum Gasteiger partial charge on any atom is -0.476 e. The third-order valence-electron chi connectivity index (χ3n) is 3.29. The van der Waals surface area contributed by atoms with Crippen molar-refractivity contribution in [3.05, 3.63) is 16.1 Å². The minimum absolute atomic E-state index is 0.197. The lowest BCUT2D eigenvalue weighted by Crippen LogP contribution is -2.32. The molecule has 0 saturated carbocycles. The van der Waals surface area contributed by atoms with Gasteiger partial charge in [0.2, 0.25) is 5.01 Å². The van der Waals surface area contributed by atoms with Crippen molar-refractivity contribution in [1.82, 2.24) is 9.88 Å². The van der Waals surface area contributed by atoms with Crippen LogP contribution in [-0.2, 0) is 6.54 Å². The van der Waals surface area contributed by atoms with Gasteiger partial charge in [-0.1, -0.05) is 12.8 Å². The first-order valence-corrected chi connectivity index (χ1v) is 6.96. The summed E-state index contributed by atoms with van der Waals surface area (Å²) in [4.78, 5) is 17.3. The number of rotatable bonds is 3. The fourth-order valence-electron chi connectivity index (χ4n) is 2.26. The smallest absolute Gasteiger partial charge is 0.365 e. The summed E-state index contributed by atoms with van der Waals surface area (Å²) in [7, 11) is 0. The number of likely N-dealkylation sites (tertiary alicyclic amines) is 1. The monoisotopic (exact) mass is 254 g/mol. The molecule has 1 aromatic heterocycles. The van der Waals surface area contributed by atoms with Crippen molar-refractivity contribution < 1.29 is 9.90 Å². The molecule has 94 valence electrons. The van der Waals surface area contributed by atoms with E-state index in [1.54, 1.807) is 0 Å². The summed E-state index contributed by atoms with van der Waals surface area (Å²) in [5.41, 5.74) is 0.890. The van der Waals surface area contributed by atoms with Crippen LogP contribution in [0.2, 0.25) is 0 Å². The van der Waals surface area contributed by atoms with E-state index in [1.807, 2.05) is 5.38 Å². The zero-order valence-corrected chi connectivity index (χ0v) is 10.9. The molecule has 1 aliphatic heterocycles. The van der Waals surface area contributed by atoms with Gasteiger partial charge in [0.25, 0.3) is 0 Å². The Labute approximate surface area is 105 Å². The van der Waals surface area contributed by atoms with E-state index < -0.39 is 5.97 Å². The van der Waals surface area contributed by atoms with Gasteiger partial charge < -0.3 is 5.11 Å². The van der Waals surface area contributed by atoms with Gasteiger partial charge in [-0.25, -0.2) is 9.78 Å². The Morgan fingerprint density at radius 3 is 3.12 bits per heavy atom. The fourth-order valence-corrected chi connectivity index (χ4v) is 2.90. The average molecular weight is 254 g/mol. The molecule has 1 atom stereocenters. The molecule has 4 nitrogen and oxygen atoms in total. The number of carboxylic acid groups (broad SMARTS) is 1. The number of hydrogen-bond donors (Lipinski definition) is 1. The van der Waals surface area contributed by atoms with E-state index >= 15 is 0 Å². The Morgan fingerprint density at radius 2 is 2.41 bits per heavy atom. The lowest BCUT2D eigenvalue weighted by molar-refractivity contribution is 0.0696. The number of carbonyl (C=O) groups is 1. The van der Waals surface area contributed by atoms with Crippen molar-refractivity contribution >= 4 is 17.3 Å². The molecule has 0 bridgehead atoms. The van der Waals surface area contributed by atoms with Gasteiger partial charge in [0, 0.05) is 18.0 Å². The molecule has 2 rings (SSSR count). The molecule has 1 aromatic rings. The summed E-state index contributed by atoms with van der Waals surface area (Å²) in [5.74, 6) is -0.926. The second kappa shape index (κ2) is 5.60. The molecular formula is C12H18N2O2S. The van der Waals surface area contributed by atoms with Crippen LogP contribution in [0.3, 0.4) is 0 Å². The van der Waals surface area contributed by atoms with Gasteiger partial charge in [-0.3, -0.25) is 4.90 Å². The predicted molar refractivity (Wildman–Crippen MR) is 67.4 cm³/mol. The van der Waals surface area contributed by atoms with E-state index in [1.165, 1.54) is 37.0 Å². The lowest BCUT2D eigenvalue weighted by atomic mass is 10.1. The highest BCUT2D eigenvalue weighted by molar-refractivity contribution is 7.11. The quantitative estimate of drug-likeness (QED) is 0.901. The van der Waals surface area contributed by atoms with Crippen LogP contribution >= 0.6 is 11.3 Å². The van der Waals surface area contributed by atoms with Crippen LogP contribution < -0.4 is 0 Å². The molecule has 0 aliphatic carbocycles. The first kappa shape index (κ1) is 12.5. The molecule has 0 aromatic carbocycles. The number of nitrogens with zero attached hydrogens (tertiary/aromatic N) is 2. The van der Waals surface area contributed by atoms with Crippen LogP contribution in [0.5, 0.6) is 0 Å². The third kappa shape index (κ3) is 3.26. The zero-order chi connectivity index (χ0) is 12.3. The molecule has 17 heavy (non-hydrogen) atoms. The maximum Gasteiger partial charge on any atom is 0.365 e. The van der Waals surface area contributed by atoms with Gasteiger partial charge in [0.15, 0.2) is 0 Å². The van der Waals surface area contributed by atoms with Crippen LogP contribution in [0.15, 0.2) is 5.38 Å². The second-order valence-corrected chi connectivity index (χ2v) is 5.48. The Bertz CT molecular complexity index is 392. The molecule has 1 aliphatic rings. The summed E-state index contributed by atoms with van der Waals surface area (Å²) in [6.45, 7) is 4.13. The Hall–Kier alpha value is -0.940. The van der Waals surface area contributed by atoms with Crippen molar-refractivity contribution in [1.29, 1.82) is 0 Å². The molecule has 0 spiro atoms. The van der Waals surface area contributed by atoms with Crippen LogP contribution in [-0.4, -0.2) is 33.5 Å². The Morgan fingerprint density at radius 1 is 1.59 bits per heavy atom. The van der Waals surface area contributed by atoms with Gasteiger partial charge in [-0.15, -0.1) is 11.3 Å². The molecule has 2 heterocycles. The van der Waals surface area contributed by atoms with E-state index in [0.29, 0.717) is 6.04 Å². The topological polar surface area (TPSA) is 53.4 Å². The van der Waals surface area contributed by atoms with E-state index in [9.17, 15) is 4.79 Å². The van der Waals surface area contributed by atoms with E-state index in [0.717, 1.165) is 18.8 Å². The van der Waals surface area contributed by atoms with Gasteiger partial charge in [0.1, 0.15) is 0 Å². The van der Waals surface area contributed by atoms with Crippen molar-refractivity contribution in [2.45, 2.75) is 45.2 Å². The highest BCUT2D eigenvalue weighted by atomic mass is 32.1. The summed E-state index contributed by atoms with van der Waals surface area (Å²) in [5, 5.41) is 10.9. The van der Waals surface area contributed by atoms with Crippen molar-refractivity contribution in [2.24, 2.45) is 0 Å². The third-order valence-corrected chi connectivity index (χ3v) is 4.17. The molecule has 1 saturated heterocycles.